The average molecular weight is 597 g/mol. The molecule has 0 amide bonds. The number of unbranched alkanes of at least 4 members (excludes halogenated alkanes) is 1. The fourth-order valence-corrected chi connectivity index (χ4v) is 5.43. The first kappa shape index (κ1) is 35.9. The minimum Gasteiger partial charge on any atom is -0.434 e. The first-order valence-electron chi connectivity index (χ1n) is 15.2. The van der Waals surface area contributed by atoms with Crippen molar-refractivity contribution >= 4 is 12.1 Å². The van der Waals surface area contributed by atoms with Gasteiger partial charge in [0, 0.05) is 39.0 Å². The smallest absolute Gasteiger partial charge is 0.434 e. The highest BCUT2D eigenvalue weighted by molar-refractivity contribution is 5.70. The summed E-state index contributed by atoms with van der Waals surface area (Å²) in [5.74, 6) is 2.64. The molecule has 8 nitrogen and oxygen atoms in total. The zero-order valence-corrected chi connectivity index (χ0v) is 25.5. The van der Waals surface area contributed by atoms with Gasteiger partial charge in [0.15, 0.2) is 0 Å². The van der Waals surface area contributed by atoms with Crippen LogP contribution in [0, 0.1) is 42.4 Å². The number of benzene rings is 1. The molecule has 8 heteroatoms. The molecule has 1 saturated carbocycles. The second-order valence-corrected chi connectivity index (χ2v) is 11.8. The molecular formula is C35H48O8. The molecule has 43 heavy (non-hydrogen) atoms. The molecule has 1 fully saturated rings. The number of terminal acetylenes is 2. The third kappa shape index (κ3) is 14.1. The number of aryl methyl sites for hydroxylation is 1. The summed E-state index contributed by atoms with van der Waals surface area (Å²) in [6, 6.07) is 10.0. The number of carbonyl (C=O) groups excluding carboxylic acids is 2. The van der Waals surface area contributed by atoms with Gasteiger partial charge in [0.05, 0.1) is 24.9 Å². The van der Waals surface area contributed by atoms with E-state index in [0.29, 0.717) is 57.8 Å². The quantitative estimate of drug-likeness (QED) is 0.0684. The van der Waals surface area contributed by atoms with Crippen LogP contribution in [0.1, 0.15) is 83.6 Å². The standard InChI is InChI=1S/C35H48O8/c1-5-14-27(15-6-2)25-41-34(40)43-35(3,4)42-33(39)19-13-8-7-12-18-29-30(32(38)24-31(29)37)23-22-28(36)21-20-26-16-10-9-11-17-26/h1-2,7,9-12,16-17,27-32,36-38H,8,13-15,18-25H2,3-4H3/b12-7-/t28-,29+,30+,31-,32+/m0/s1. The molecule has 0 aromatic heterocycles. The van der Waals surface area contributed by atoms with Crippen LogP contribution < -0.4 is 0 Å². The van der Waals surface area contributed by atoms with E-state index < -0.39 is 36.2 Å². The number of carbonyl (C=O) groups is 2. The molecule has 0 radical (unpaired) electrons. The summed E-state index contributed by atoms with van der Waals surface area (Å²) >= 11 is 0. The lowest BCUT2D eigenvalue weighted by Crippen LogP contribution is -2.34. The minimum absolute atomic E-state index is 0.0118. The molecule has 3 N–H and O–H groups in total. The van der Waals surface area contributed by atoms with Gasteiger partial charge in [-0.15, -0.1) is 24.7 Å². The molecule has 236 valence electrons. The highest BCUT2D eigenvalue weighted by Gasteiger charge is 2.40. The van der Waals surface area contributed by atoms with Crippen LogP contribution in [-0.2, 0) is 25.4 Å². The third-order valence-electron chi connectivity index (χ3n) is 7.73. The molecule has 1 aromatic carbocycles. The summed E-state index contributed by atoms with van der Waals surface area (Å²) in [6.07, 6.45) is 17.6. The summed E-state index contributed by atoms with van der Waals surface area (Å²) in [5.41, 5.74) is 1.19. The van der Waals surface area contributed by atoms with Crippen LogP contribution >= 0.6 is 0 Å². The van der Waals surface area contributed by atoms with E-state index in [-0.39, 0.29) is 30.8 Å². The number of allylic oxidation sites excluding steroid dienone is 2. The van der Waals surface area contributed by atoms with E-state index in [4.69, 9.17) is 27.1 Å². The predicted octanol–water partition coefficient (Wildman–Crippen LogP) is 5.33. The van der Waals surface area contributed by atoms with E-state index in [1.54, 1.807) is 0 Å². The van der Waals surface area contributed by atoms with Gasteiger partial charge in [-0.05, 0) is 68.8 Å². The molecule has 1 aliphatic rings. The van der Waals surface area contributed by atoms with Crippen molar-refractivity contribution in [1.29, 1.82) is 0 Å². The SMILES string of the molecule is C#CCC(CC#C)COC(=O)OC(C)(C)OC(=O)CCC/C=C\C[C@@H]1[C@@H](CC[C@@H](O)CCc2ccccc2)[C@H](O)C[C@@H]1O. The number of ether oxygens (including phenoxy) is 3. The van der Waals surface area contributed by atoms with Gasteiger partial charge in [0.1, 0.15) is 0 Å². The molecule has 1 aromatic rings. The summed E-state index contributed by atoms with van der Waals surface area (Å²) < 4.78 is 15.5. The predicted molar refractivity (Wildman–Crippen MR) is 164 cm³/mol. The molecule has 1 aliphatic carbocycles. The van der Waals surface area contributed by atoms with E-state index >= 15 is 0 Å². The first-order valence-corrected chi connectivity index (χ1v) is 15.2. The lowest BCUT2D eigenvalue weighted by molar-refractivity contribution is -0.201. The van der Waals surface area contributed by atoms with Crippen molar-refractivity contribution in [1.82, 2.24) is 0 Å². The van der Waals surface area contributed by atoms with Gasteiger partial charge in [0.25, 0.3) is 5.79 Å². The Kier molecular flexibility index (Phi) is 15.9. The highest BCUT2D eigenvalue weighted by Crippen LogP contribution is 2.38. The van der Waals surface area contributed by atoms with Crippen LogP contribution in [0.15, 0.2) is 42.5 Å². The molecule has 0 unspecified atom stereocenters. The van der Waals surface area contributed by atoms with Gasteiger partial charge < -0.3 is 29.5 Å². The van der Waals surface area contributed by atoms with Gasteiger partial charge in [-0.1, -0.05) is 42.5 Å². The van der Waals surface area contributed by atoms with Gasteiger partial charge >= 0.3 is 12.1 Å². The Morgan fingerprint density at radius 1 is 1.02 bits per heavy atom. The van der Waals surface area contributed by atoms with Gasteiger partial charge in [0.2, 0.25) is 0 Å². The van der Waals surface area contributed by atoms with Gasteiger partial charge in [-0.3, -0.25) is 4.79 Å². The fourth-order valence-electron chi connectivity index (χ4n) is 5.43. The van der Waals surface area contributed by atoms with Crippen molar-refractivity contribution < 1.29 is 39.1 Å². The fraction of sp³-hybridized carbons (Fsp3) is 0.600. The zero-order chi connectivity index (χ0) is 31.7. The second kappa shape index (κ2) is 19.1. The summed E-state index contributed by atoms with van der Waals surface area (Å²) in [6.45, 7) is 2.91. The molecule has 0 aliphatic heterocycles. The van der Waals surface area contributed by atoms with Crippen molar-refractivity contribution in [2.45, 2.75) is 109 Å². The van der Waals surface area contributed by atoms with Crippen LogP contribution in [0.2, 0.25) is 0 Å². The van der Waals surface area contributed by atoms with E-state index in [9.17, 15) is 24.9 Å². The lowest BCUT2D eigenvalue weighted by Gasteiger charge is -2.24. The van der Waals surface area contributed by atoms with Crippen molar-refractivity contribution in [3.63, 3.8) is 0 Å². The second-order valence-electron chi connectivity index (χ2n) is 11.8. The van der Waals surface area contributed by atoms with Crippen LogP contribution in [0.5, 0.6) is 0 Å². The molecule has 0 spiro atoms. The number of rotatable bonds is 18. The van der Waals surface area contributed by atoms with E-state index in [1.165, 1.54) is 19.4 Å². The molecular weight excluding hydrogens is 548 g/mol. The first-order chi connectivity index (χ1) is 20.5. The third-order valence-corrected chi connectivity index (χ3v) is 7.73. The summed E-state index contributed by atoms with van der Waals surface area (Å²) in [5, 5.41) is 31.5. The molecule has 0 bridgehead atoms. The highest BCUT2D eigenvalue weighted by atomic mass is 16.8. The Balaban J connectivity index is 1.67. The largest absolute Gasteiger partial charge is 0.511 e. The molecule has 5 atom stereocenters. The maximum Gasteiger partial charge on any atom is 0.511 e. The number of hydrogen-bond donors (Lipinski definition) is 3. The van der Waals surface area contributed by atoms with E-state index in [2.05, 4.69) is 11.8 Å². The Morgan fingerprint density at radius 3 is 2.37 bits per heavy atom. The number of hydrogen-bond acceptors (Lipinski definition) is 8. The zero-order valence-electron chi connectivity index (χ0n) is 25.5. The number of esters is 1. The van der Waals surface area contributed by atoms with Crippen LogP contribution in [-0.4, -0.2) is 58.2 Å². The summed E-state index contributed by atoms with van der Waals surface area (Å²) in [4.78, 5) is 24.3. The molecule has 0 saturated heterocycles. The van der Waals surface area contributed by atoms with Crippen molar-refractivity contribution in [2.75, 3.05) is 6.61 Å². The number of aliphatic hydroxyl groups is 3. The maximum absolute atomic E-state index is 12.3. The average Bonchev–Trinajstić information content (AvgIpc) is 3.22. The van der Waals surface area contributed by atoms with Crippen molar-refractivity contribution in [3.8, 4) is 24.7 Å². The van der Waals surface area contributed by atoms with Crippen LogP contribution in [0.25, 0.3) is 0 Å². The summed E-state index contributed by atoms with van der Waals surface area (Å²) in [7, 11) is 0. The van der Waals surface area contributed by atoms with E-state index in [1.807, 2.05) is 42.5 Å². The normalized spacial score (nSPS) is 20.8. The van der Waals surface area contributed by atoms with Crippen molar-refractivity contribution in [3.05, 3.63) is 48.0 Å². The monoisotopic (exact) mass is 596 g/mol. The van der Waals surface area contributed by atoms with E-state index in [0.717, 1.165) is 6.42 Å². The molecule has 0 heterocycles. The van der Waals surface area contributed by atoms with Gasteiger partial charge in [-0.25, -0.2) is 4.79 Å². The maximum atomic E-state index is 12.3. The Labute approximate surface area is 256 Å². The number of aliphatic hydroxyl groups excluding tert-OH is 3. The van der Waals surface area contributed by atoms with Crippen LogP contribution in [0.3, 0.4) is 0 Å². The Morgan fingerprint density at radius 2 is 1.70 bits per heavy atom. The Hall–Kier alpha value is -3.30. The topological polar surface area (TPSA) is 123 Å². The van der Waals surface area contributed by atoms with Crippen LogP contribution in [0.4, 0.5) is 4.79 Å². The minimum atomic E-state index is -1.50. The molecule has 2 rings (SSSR count). The Bertz CT molecular complexity index is 1070. The lowest BCUT2D eigenvalue weighted by atomic mass is 9.85. The van der Waals surface area contributed by atoms with Gasteiger partial charge in [-0.2, -0.15) is 0 Å². The van der Waals surface area contributed by atoms with Crippen molar-refractivity contribution in [2.24, 2.45) is 17.8 Å².